The first-order valence-corrected chi connectivity index (χ1v) is 7.62. The molecule has 2 atom stereocenters. The Kier molecular flexibility index (Phi) is 6.08. The molecule has 1 aromatic rings. The minimum Gasteiger partial charge on any atom is -0.377 e. The van der Waals surface area contributed by atoms with Gasteiger partial charge < -0.3 is 10.1 Å². The highest BCUT2D eigenvalue weighted by molar-refractivity contribution is 6.31. The number of aromatic nitrogens is 1. The number of hydrogen-bond acceptors (Lipinski definition) is 3. The first-order valence-electron chi connectivity index (χ1n) is 7.24. The van der Waals surface area contributed by atoms with E-state index in [1.165, 1.54) is 12.8 Å². The number of ether oxygens (including phenoxy) is 1. The van der Waals surface area contributed by atoms with Gasteiger partial charge in [-0.15, -0.1) is 0 Å². The maximum atomic E-state index is 6.21. The van der Waals surface area contributed by atoms with E-state index in [9.17, 15) is 0 Å². The zero-order valence-electron chi connectivity index (χ0n) is 11.6. The lowest BCUT2D eigenvalue weighted by atomic mass is 9.96. The van der Waals surface area contributed by atoms with Crippen molar-refractivity contribution in [3.05, 3.63) is 29.0 Å². The van der Waals surface area contributed by atoms with Crippen molar-refractivity contribution in [1.29, 1.82) is 0 Å². The highest BCUT2D eigenvalue weighted by Gasteiger charge is 2.24. The third-order valence-corrected chi connectivity index (χ3v) is 3.96. The molecule has 1 aliphatic heterocycles. The molecule has 2 rings (SSSR count). The van der Waals surface area contributed by atoms with Crippen molar-refractivity contribution < 1.29 is 4.74 Å². The van der Waals surface area contributed by atoms with Crippen LogP contribution in [0, 0.1) is 0 Å². The van der Waals surface area contributed by atoms with Gasteiger partial charge in [0.05, 0.1) is 11.1 Å². The average Bonchev–Trinajstić information content (AvgIpc) is 2.46. The number of rotatable bonds is 6. The summed E-state index contributed by atoms with van der Waals surface area (Å²) in [5.74, 6) is 0. The summed E-state index contributed by atoms with van der Waals surface area (Å²) in [4.78, 5) is 4.04. The lowest BCUT2D eigenvalue weighted by Crippen LogP contribution is -2.44. The summed E-state index contributed by atoms with van der Waals surface area (Å²) < 4.78 is 5.93. The second-order valence-electron chi connectivity index (χ2n) is 5.14. The third-order valence-electron chi connectivity index (χ3n) is 3.62. The maximum Gasteiger partial charge on any atom is 0.0731 e. The van der Waals surface area contributed by atoms with Crippen LogP contribution in [0.4, 0.5) is 0 Å². The van der Waals surface area contributed by atoms with E-state index in [-0.39, 0.29) is 0 Å². The first-order chi connectivity index (χ1) is 9.31. The number of pyridine rings is 1. The molecule has 0 aromatic carbocycles. The zero-order valence-corrected chi connectivity index (χ0v) is 12.3. The van der Waals surface area contributed by atoms with Gasteiger partial charge in [-0.05, 0) is 50.3 Å². The molecular weight excluding hydrogens is 260 g/mol. The summed E-state index contributed by atoms with van der Waals surface area (Å²) in [7, 11) is 0. The van der Waals surface area contributed by atoms with Crippen molar-refractivity contribution in [2.75, 3.05) is 13.2 Å². The molecule has 1 aliphatic rings. The maximum absolute atomic E-state index is 6.21. The Morgan fingerprint density at radius 3 is 3.11 bits per heavy atom. The quantitative estimate of drug-likeness (QED) is 0.870. The summed E-state index contributed by atoms with van der Waals surface area (Å²) >= 11 is 6.21. The summed E-state index contributed by atoms with van der Waals surface area (Å²) in [6.45, 7) is 4.09. The third kappa shape index (κ3) is 4.44. The topological polar surface area (TPSA) is 34.2 Å². The minimum absolute atomic E-state index is 0.310. The molecule has 106 valence electrons. The van der Waals surface area contributed by atoms with Crippen LogP contribution in [0.15, 0.2) is 18.5 Å². The van der Waals surface area contributed by atoms with Gasteiger partial charge in [-0.2, -0.15) is 0 Å². The van der Waals surface area contributed by atoms with Crippen molar-refractivity contribution in [1.82, 2.24) is 10.3 Å². The number of nitrogens with zero attached hydrogens (tertiary/aromatic N) is 1. The molecule has 1 aromatic heterocycles. The van der Waals surface area contributed by atoms with Gasteiger partial charge in [-0.3, -0.25) is 4.98 Å². The lowest BCUT2D eigenvalue weighted by molar-refractivity contribution is -0.00737. The van der Waals surface area contributed by atoms with Crippen LogP contribution in [0.1, 0.15) is 38.2 Å². The predicted octanol–water partition coefficient (Wildman–Crippen LogP) is 3.21. The Morgan fingerprint density at radius 1 is 1.53 bits per heavy atom. The van der Waals surface area contributed by atoms with Gasteiger partial charge in [-0.1, -0.05) is 18.5 Å². The molecule has 2 heterocycles. The van der Waals surface area contributed by atoms with Crippen LogP contribution in [0.5, 0.6) is 0 Å². The molecule has 1 saturated heterocycles. The molecule has 1 N–H and O–H groups in total. The molecule has 0 aliphatic carbocycles. The monoisotopic (exact) mass is 282 g/mol. The SMILES string of the molecule is CCCNC(Cc1ccncc1Cl)C1CCCCO1. The summed E-state index contributed by atoms with van der Waals surface area (Å²) in [5.41, 5.74) is 1.15. The molecule has 0 spiro atoms. The van der Waals surface area contributed by atoms with Crippen LogP contribution < -0.4 is 5.32 Å². The van der Waals surface area contributed by atoms with Crippen LogP contribution >= 0.6 is 11.6 Å². The Labute approximate surface area is 120 Å². The Hall–Kier alpha value is -0.640. The van der Waals surface area contributed by atoms with Crippen LogP contribution in [0.2, 0.25) is 5.02 Å². The highest BCUT2D eigenvalue weighted by atomic mass is 35.5. The van der Waals surface area contributed by atoms with Gasteiger partial charge in [0.25, 0.3) is 0 Å². The Morgan fingerprint density at radius 2 is 2.42 bits per heavy atom. The molecule has 2 unspecified atom stereocenters. The Balaban J connectivity index is 2.02. The van der Waals surface area contributed by atoms with E-state index in [0.717, 1.165) is 43.0 Å². The predicted molar refractivity (Wildman–Crippen MR) is 78.6 cm³/mol. The van der Waals surface area contributed by atoms with E-state index >= 15 is 0 Å². The molecule has 3 nitrogen and oxygen atoms in total. The largest absolute Gasteiger partial charge is 0.377 e. The van der Waals surface area contributed by atoms with Crippen LogP contribution in [-0.2, 0) is 11.2 Å². The molecule has 0 radical (unpaired) electrons. The fraction of sp³-hybridized carbons (Fsp3) is 0.667. The minimum atomic E-state index is 0.310. The molecule has 1 fully saturated rings. The molecule has 4 heteroatoms. The molecular formula is C15H23ClN2O. The second-order valence-corrected chi connectivity index (χ2v) is 5.54. The van der Waals surface area contributed by atoms with E-state index in [1.807, 2.05) is 6.07 Å². The van der Waals surface area contributed by atoms with Gasteiger partial charge in [0.2, 0.25) is 0 Å². The summed E-state index contributed by atoms with van der Waals surface area (Å²) in [6, 6.07) is 2.35. The normalized spacial score (nSPS) is 21.3. The van der Waals surface area contributed by atoms with E-state index in [4.69, 9.17) is 16.3 Å². The zero-order chi connectivity index (χ0) is 13.5. The van der Waals surface area contributed by atoms with Crippen LogP contribution in [0.25, 0.3) is 0 Å². The summed E-state index contributed by atoms with van der Waals surface area (Å²) in [5, 5.41) is 4.36. The summed E-state index contributed by atoms with van der Waals surface area (Å²) in [6.07, 6.45) is 9.47. The lowest BCUT2D eigenvalue weighted by Gasteiger charge is -2.31. The van der Waals surface area contributed by atoms with Crippen LogP contribution in [0.3, 0.4) is 0 Å². The average molecular weight is 283 g/mol. The number of nitrogens with one attached hydrogen (secondary N) is 1. The van der Waals surface area contributed by atoms with E-state index < -0.39 is 0 Å². The molecule has 0 amide bonds. The van der Waals surface area contributed by atoms with Crippen molar-refractivity contribution >= 4 is 11.6 Å². The second kappa shape index (κ2) is 7.83. The van der Waals surface area contributed by atoms with Gasteiger partial charge in [0.15, 0.2) is 0 Å². The van der Waals surface area contributed by atoms with Gasteiger partial charge >= 0.3 is 0 Å². The molecule has 0 saturated carbocycles. The van der Waals surface area contributed by atoms with Gasteiger partial charge in [-0.25, -0.2) is 0 Å². The highest BCUT2D eigenvalue weighted by Crippen LogP contribution is 2.21. The van der Waals surface area contributed by atoms with E-state index in [1.54, 1.807) is 12.4 Å². The number of halogens is 1. The van der Waals surface area contributed by atoms with Crippen LogP contribution in [-0.4, -0.2) is 30.3 Å². The fourth-order valence-corrected chi connectivity index (χ4v) is 2.75. The van der Waals surface area contributed by atoms with Gasteiger partial charge in [0.1, 0.15) is 0 Å². The number of hydrogen-bond donors (Lipinski definition) is 1. The van der Waals surface area contributed by atoms with Crippen molar-refractivity contribution in [2.24, 2.45) is 0 Å². The van der Waals surface area contributed by atoms with Crippen molar-refractivity contribution in [2.45, 2.75) is 51.2 Å². The molecule has 0 bridgehead atoms. The first kappa shape index (κ1) is 14.8. The standard InChI is InChI=1S/C15H23ClN2O/c1-2-7-18-14(15-5-3-4-9-19-15)10-12-6-8-17-11-13(12)16/h6,8,11,14-15,18H,2-5,7,9-10H2,1H3. The van der Waals surface area contributed by atoms with E-state index in [2.05, 4.69) is 17.2 Å². The smallest absolute Gasteiger partial charge is 0.0731 e. The van der Waals surface area contributed by atoms with Crippen molar-refractivity contribution in [3.63, 3.8) is 0 Å². The van der Waals surface area contributed by atoms with Gasteiger partial charge in [0, 0.05) is 25.0 Å². The van der Waals surface area contributed by atoms with E-state index in [0.29, 0.717) is 12.1 Å². The Bertz CT molecular complexity index is 380. The molecule has 19 heavy (non-hydrogen) atoms. The van der Waals surface area contributed by atoms with Crippen molar-refractivity contribution in [3.8, 4) is 0 Å². The fourth-order valence-electron chi connectivity index (χ4n) is 2.55.